The fourth-order valence-corrected chi connectivity index (χ4v) is 3.13. The van der Waals surface area contributed by atoms with Crippen LogP contribution >= 0.6 is 11.8 Å². The standard InChI is InChI=1S/C19H20FNO3S/c1-13(2)21-18(22)11-24-19(23)15-8-4-6-10-17(15)25-12-14-7-3-5-9-16(14)20/h3-10,13H,11-12H2,1-2H3,(H,21,22). The van der Waals surface area contributed by atoms with Gasteiger partial charge in [-0.1, -0.05) is 30.3 Å². The molecular weight excluding hydrogens is 341 g/mol. The predicted octanol–water partition coefficient (Wildman–Crippen LogP) is 3.80. The second kappa shape index (κ2) is 9.22. The average Bonchev–Trinajstić information content (AvgIpc) is 2.58. The molecule has 132 valence electrons. The molecule has 1 amide bonds. The summed E-state index contributed by atoms with van der Waals surface area (Å²) in [5.41, 5.74) is 0.924. The molecule has 0 unspecified atom stereocenters. The summed E-state index contributed by atoms with van der Waals surface area (Å²) in [6, 6.07) is 13.4. The van der Waals surface area contributed by atoms with Crippen LogP contribution in [-0.2, 0) is 15.3 Å². The highest BCUT2D eigenvalue weighted by atomic mass is 32.2. The van der Waals surface area contributed by atoms with E-state index in [9.17, 15) is 14.0 Å². The van der Waals surface area contributed by atoms with E-state index in [0.717, 1.165) is 0 Å². The summed E-state index contributed by atoms with van der Waals surface area (Å²) in [7, 11) is 0. The van der Waals surface area contributed by atoms with Gasteiger partial charge in [-0.3, -0.25) is 4.79 Å². The van der Waals surface area contributed by atoms with Crippen molar-refractivity contribution >= 4 is 23.6 Å². The number of rotatable bonds is 7. The maximum Gasteiger partial charge on any atom is 0.339 e. The zero-order valence-electron chi connectivity index (χ0n) is 14.1. The molecular formula is C19H20FNO3S. The Morgan fingerprint density at radius 3 is 2.52 bits per heavy atom. The molecule has 2 aromatic carbocycles. The van der Waals surface area contributed by atoms with Crippen molar-refractivity contribution in [2.75, 3.05) is 6.61 Å². The molecule has 0 radical (unpaired) electrons. The zero-order chi connectivity index (χ0) is 18.2. The fraction of sp³-hybridized carbons (Fsp3) is 0.263. The summed E-state index contributed by atoms with van der Waals surface area (Å²) in [6.07, 6.45) is 0. The first-order chi connectivity index (χ1) is 12.0. The summed E-state index contributed by atoms with van der Waals surface area (Å²) in [5.74, 6) is -0.805. The summed E-state index contributed by atoms with van der Waals surface area (Å²) in [5, 5.41) is 2.65. The second-order valence-corrected chi connectivity index (χ2v) is 6.69. The minimum atomic E-state index is -0.574. The SMILES string of the molecule is CC(C)NC(=O)COC(=O)c1ccccc1SCc1ccccc1F. The summed E-state index contributed by atoms with van der Waals surface area (Å²) >= 11 is 1.35. The fourth-order valence-electron chi connectivity index (χ4n) is 2.10. The second-order valence-electron chi connectivity index (χ2n) is 5.67. The summed E-state index contributed by atoms with van der Waals surface area (Å²) in [6.45, 7) is 3.33. The monoisotopic (exact) mass is 361 g/mol. The highest BCUT2D eigenvalue weighted by Crippen LogP contribution is 2.27. The van der Waals surface area contributed by atoms with Gasteiger partial charge in [0.1, 0.15) is 5.82 Å². The Kier molecular flexibility index (Phi) is 7.01. The van der Waals surface area contributed by atoms with Gasteiger partial charge in [-0.05, 0) is 37.6 Å². The van der Waals surface area contributed by atoms with Gasteiger partial charge >= 0.3 is 5.97 Å². The smallest absolute Gasteiger partial charge is 0.339 e. The first kappa shape index (κ1) is 19.0. The van der Waals surface area contributed by atoms with Crippen LogP contribution in [0.25, 0.3) is 0 Å². The Bertz CT molecular complexity index is 749. The van der Waals surface area contributed by atoms with Crippen molar-refractivity contribution in [3.05, 3.63) is 65.5 Å². The molecule has 0 fully saturated rings. The number of benzene rings is 2. The van der Waals surface area contributed by atoms with E-state index < -0.39 is 5.97 Å². The molecule has 1 N–H and O–H groups in total. The van der Waals surface area contributed by atoms with Gasteiger partial charge in [0.2, 0.25) is 0 Å². The van der Waals surface area contributed by atoms with Gasteiger partial charge in [0.05, 0.1) is 5.56 Å². The normalized spacial score (nSPS) is 10.6. The van der Waals surface area contributed by atoms with Gasteiger partial charge in [-0.2, -0.15) is 0 Å². The molecule has 0 aromatic heterocycles. The molecule has 0 bridgehead atoms. The largest absolute Gasteiger partial charge is 0.452 e. The van der Waals surface area contributed by atoms with Crippen LogP contribution in [0.4, 0.5) is 4.39 Å². The van der Waals surface area contributed by atoms with E-state index in [1.807, 2.05) is 13.8 Å². The van der Waals surface area contributed by atoms with Crippen molar-refractivity contribution in [2.45, 2.75) is 30.5 Å². The Labute approximate surface area is 150 Å². The average molecular weight is 361 g/mol. The van der Waals surface area contributed by atoms with Crippen molar-refractivity contribution in [1.82, 2.24) is 5.32 Å². The number of ether oxygens (including phenoxy) is 1. The number of hydrogen-bond donors (Lipinski definition) is 1. The van der Waals surface area contributed by atoms with Crippen LogP contribution in [-0.4, -0.2) is 24.5 Å². The van der Waals surface area contributed by atoms with E-state index in [1.54, 1.807) is 42.5 Å². The van der Waals surface area contributed by atoms with Crippen LogP contribution in [0, 0.1) is 5.82 Å². The van der Waals surface area contributed by atoms with E-state index in [0.29, 0.717) is 21.8 Å². The number of nitrogens with one attached hydrogen (secondary N) is 1. The van der Waals surface area contributed by atoms with Crippen molar-refractivity contribution in [2.24, 2.45) is 0 Å². The number of carbonyl (C=O) groups is 2. The molecule has 2 aromatic rings. The molecule has 0 aliphatic rings. The molecule has 0 saturated heterocycles. The lowest BCUT2D eigenvalue weighted by Crippen LogP contribution is -2.34. The highest BCUT2D eigenvalue weighted by molar-refractivity contribution is 7.98. The van der Waals surface area contributed by atoms with Gasteiger partial charge in [0.25, 0.3) is 5.91 Å². The molecule has 0 heterocycles. The lowest BCUT2D eigenvalue weighted by molar-refractivity contribution is -0.124. The lowest BCUT2D eigenvalue weighted by atomic mass is 10.2. The maximum atomic E-state index is 13.7. The molecule has 4 nitrogen and oxygen atoms in total. The van der Waals surface area contributed by atoms with Crippen LogP contribution in [0.3, 0.4) is 0 Å². The minimum Gasteiger partial charge on any atom is -0.452 e. The number of esters is 1. The Balaban J connectivity index is 2.01. The van der Waals surface area contributed by atoms with Gasteiger partial charge in [-0.15, -0.1) is 11.8 Å². The number of halogens is 1. The maximum absolute atomic E-state index is 13.7. The Hall–Kier alpha value is -2.34. The topological polar surface area (TPSA) is 55.4 Å². The van der Waals surface area contributed by atoms with E-state index >= 15 is 0 Å². The van der Waals surface area contributed by atoms with E-state index in [-0.39, 0.29) is 24.4 Å². The quantitative estimate of drug-likeness (QED) is 0.602. The molecule has 25 heavy (non-hydrogen) atoms. The summed E-state index contributed by atoms with van der Waals surface area (Å²) in [4.78, 5) is 24.5. The van der Waals surface area contributed by atoms with Gasteiger partial charge in [-0.25, -0.2) is 9.18 Å². The van der Waals surface area contributed by atoms with Gasteiger partial charge in [0, 0.05) is 16.7 Å². The van der Waals surface area contributed by atoms with Crippen LogP contribution < -0.4 is 5.32 Å². The highest BCUT2D eigenvalue weighted by Gasteiger charge is 2.15. The van der Waals surface area contributed by atoms with Gasteiger partial charge < -0.3 is 10.1 Å². The van der Waals surface area contributed by atoms with Crippen LogP contribution in [0.2, 0.25) is 0 Å². The summed E-state index contributed by atoms with van der Waals surface area (Å²) < 4.78 is 18.8. The van der Waals surface area contributed by atoms with Crippen molar-refractivity contribution < 1.29 is 18.7 Å². The number of carbonyl (C=O) groups excluding carboxylic acids is 2. The Morgan fingerprint density at radius 1 is 1.12 bits per heavy atom. The third kappa shape index (κ3) is 5.90. The first-order valence-corrected chi connectivity index (χ1v) is 8.87. The predicted molar refractivity (Wildman–Crippen MR) is 96.0 cm³/mol. The first-order valence-electron chi connectivity index (χ1n) is 7.89. The lowest BCUT2D eigenvalue weighted by Gasteiger charge is -2.11. The molecule has 0 aliphatic heterocycles. The third-order valence-corrected chi connectivity index (χ3v) is 4.35. The van der Waals surface area contributed by atoms with Crippen molar-refractivity contribution in [3.8, 4) is 0 Å². The van der Waals surface area contributed by atoms with Crippen LogP contribution in [0.15, 0.2) is 53.4 Å². The molecule has 0 saturated carbocycles. The van der Waals surface area contributed by atoms with Crippen LogP contribution in [0.1, 0.15) is 29.8 Å². The molecule has 0 atom stereocenters. The Morgan fingerprint density at radius 2 is 1.80 bits per heavy atom. The molecule has 0 aliphatic carbocycles. The number of hydrogen-bond acceptors (Lipinski definition) is 4. The molecule has 2 rings (SSSR count). The van der Waals surface area contributed by atoms with E-state index in [1.165, 1.54) is 17.8 Å². The van der Waals surface area contributed by atoms with E-state index in [4.69, 9.17) is 4.74 Å². The van der Waals surface area contributed by atoms with Crippen molar-refractivity contribution in [1.29, 1.82) is 0 Å². The number of thioether (sulfide) groups is 1. The molecule has 6 heteroatoms. The zero-order valence-corrected chi connectivity index (χ0v) is 14.9. The van der Waals surface area contributed by atoms with Crippen LogP contribution in [0.5, 0.6) is 0 Å². The molecule has 0 spiro atoms. The van der Waals surface area contributed by atoms with E-state index in [2.05, 4.69) is 5.32 Å². The number of amides is 1. The minimum absolute atomic E-state index is 0.0187. The van der Waals surface area contributed by atoms with Gasteiger partial charge in [0.15, 0.2) is 6.61 Å². The third-order valence-electron chi connectivity index (χ3n) is 3.23. The van der Waals surface area contributed by atoms with Crippen molar-refractivity contribution in [3.63, 3.8) is 0 Å².